The second kappa shape index (κ2) is 23.2. The number of carbonyl (C=O) groups is 1. The van der Waals surface area contributed by atoms with Gasteiger partial charge in [0.2, 0.25) is 0 Å². The molecular formula is C25H46O4. The van der Waals surface area contributed by atoms with Gasteiger partial charge in [0.05, 0.1) is 13.2 Å². The topological polar surface area (TPSA) is 55.8 Å². The molecule has 0 rings (SSSR count). The summed E-state index contributed by atoms with van der Waals surface area (Å²) in [5, 5.41) is 9.22. The smallest absolute Gasteiger partial charge is 0.306 e. The summed E-state index contributed by atoms with van der Waals surface area (Å²) in [6.07, 6.45) is 24.5. The third kappa shape index (κ3) is 21.4. The summed E-state index contributed by atoms with van der Waals surface area (Å²) in [7, 11) is 0. The summed E-state index contributed by atoms with van der Waals surface area (Å²) >= 11 is 0. The molecule has 0 radical (unpaired) electrons. The van der Waals surface area contributed by atoms with Gasteiger partial charge in [-0.05, 0) is 44.9 Å². The van der Waals surface area contributed by atoms with E-state index in [9.17, 15) is 9.90 Å². The zero-order valence-corrected chi connectivity index (χ0v) is 19.1. The van der Waals surface area contributed by atoms with E-state index in [0.29, 0.717) is 13.0 Å². The lowest BCUT2D eigenvalue weighted by Gasteiger charge is -2.15. The second-order valence-corrected chi connectivity index (χ2v) is 7.70. The fourth-order valence-electron chi connectivity index (χ4n) is 2.98. The van der Waals surface area contributed by atoms with E-state index in [4.69, 9.17) is 9.47 Å². The van der Waals surface area contributed by atoms with Crippen molar-refractivity contribution < 1.29 is 19.4 Å². The quantitative estimate of drug-likeness (QED) is 0.133. The van der Waals surface area contributed by atoms with E-state index in [2.05, 4.69) is 31.2 Å². The van der Waals surface area contributed by atoms with Crippen LogP contribution in [0.15, 0.2) is 24.3 Å². The first-order valence-corrected chi connectivity index (χ1v) is 11.9. The molecule has 0 spiro atoms. The Hall–Kier alpha value is -1.13. The van der Waals surface area contributed by atoms with Crippen molar-refractivity contribution in [2.75, 3.05) is 19.8 Å². The van der Waals surface area contributed by atoms with Gasteiger partial charge in [-0.25, -0.2) is 0 Å². The molecule has 0 aliphatic heterocycles. The standard InChI is InChI=1S/C25H46O4/c1-3-5-6-7-8-9-10-11-12-13-14-15-16-17-18-19-21-28-23-24(22-26)29-25(27)20-4-2/h8-9,11-12,24,26H,3-7,10,13-23H2,1-2H3/b9-8-,12-11-. The maximum atomic E-state index is 11.4. The van der Waals surface area contributed by atoms with E-state index in [1.54, 1.807) is 0 Å². The molecule has 0 aromatic heterocycles. The predicted molar refractivity (Wildman–Crippen MR) is 122 cm³/mol. The van der Waals surface area contributed by atoms with Crippen LogP contribution in [0.1, 0.15) is 104 Å². The summed E-state index contributed by atoms with van der Waals surface area (Å²) in [6.45, 7) is 4.94. The minimum Gasteiger partial charge on any atom is -0.457 e. The molecule has 0 aliphatic carbocycles. The minimum absolute atomic E-state index is 0.181. The van der Waals surface area contributed by atoms with Crippen LogP contribution in [-0.4, -0.2) is 37.0 Å². The van der Waals surface area contributed by atoms with Crippen LogP contribution in [-0.2, 0) is 14.3 Å². The van der Waals surface area contributed by atoms with Crippen LogP contribution in [0.5, 0.6) is 0 Å². The number of hydrogen-bond acceptors (Lipinski definition) is 4. The molecule has 1 unspecified atom stereocenters. The van der Waals surface area contributed by atoms with Gasteiger partial charge >= 0.3 is 5.97 Å². The highest BCUT2D eigenvalue weighted by atomic mass is 16.6. The van der Waals surface area contributed by atoms with E-state index >= 15 is 0 Å². The minimum atomic E-state index is -0.529. The van der Waals surface area contributed by atoms with Gasteiger partial charge in [0.15, 0.2) is 0 Å². The number of ether oxygens (including phenoxy) is 2. The molecule has 4 heteroatoms. The summed E-state index contributed by atoms with van der Waals surface area (Å²) in [5.74, 6) is -0.260. The van der Waals surface area contributed by atoms with Gasteiger partial charge in [-0.15, -0.1) is 0 Å². The summed E-state index contributed by atoms with van der Waals surface area (Å²) in [6, 6.07) is 0. The molecule has 0 saturated carbocycles. The monoisotopic (exact) mass is 410 g/mol. The van der Waals surface area contributed by atoms with Crippen molar-refractivity contribution in [3.63, 3.8) is 0 Å². The molecule has 0 fully saturated rings. The fraction of sp³-hybridized carbons (Fsp3) is 0.800. The fourth-order valence-corrected chi connectivity index (χ4v) is 2.98. The average molecular weight is 411 g/mol. The Morgan fingerprint density at radius 3 is 2.07 bits per heavy atom. The number of carbonyl (C=O) groups excluding carboxylic acids is 1. The zero-order valence-electron chi connectivity index (χ0n) is 19.1. The first-order valence-electron chi connectivity index (χ1n) is 11.9. The Morgan fingerprint density at radius 2 is 1.45 bits per heavy atom. The summed E-state index contributed by atoms with van der Waals surface area (Å²) in [4.78, 5) is 11.4. The predicted octanol–water partition coefficient (Wildman–Crippen LogP) is 6.52. The maximum absolute atomic E-state index is 11.4. The molecule has 29 heavy (non-hydrogen) atoms. The number of esters is 1. The molecule has 0 aliphatic rings. The first-order chi connectivity index (χ1) is 14.2. The highest BCUT2D eigenvalue weighted by Gasteiger charge is 2.12. The molecule has 170 valence electrons. The molecule has 4 nitrogen and oxygen atoms in total. The van der Waals surface area contributed by atoms with Crippen LogP contribution in [0.2, 0.25) is 0 Å². The van der Waals surface area contributed by atoms with Crippen LogP contribution in [0, 0.1) is 0 Å². The Morgan fingerprint density at radius 1 is 0.828 bits per heavy atom. The SMILES string of the molecule is CCCCC/C=C\C/C=C\CCCCCCCCOCC(CO)OC(=O)CCC. The van der Waals surface area contributed by atoms with Crippen LogP contribution in [0.3, 0.4) is 0 Å². The third-order valence-corrected chi connectivity index (χ3v) is 4.75. The van der Waals surface area contributed by atoms with Crippen molar-refractivity contribution >= 4 is 5.97 Å². The van der Waals surface area contributed by atoms with Crippen LogP contribution < -0.4 is 0 Å². The lowest BCUT2D eigenvalue weighted by molar-refractivity contribution is -0.154. The first kappa shape index (κ1) is 27.9. The number of aliphatic hydroxyl groups is 1. The van der Waals surface area contributed by atoms with Gasteiger partial charge in [0.25, 0.3) is 0 Å². The van der Waals surface area contributed by atoms with E-state index < -0.39 is 6.10 Å². The highest BCUT2D eigenvalue weighted by molar-refractivity contribution is 5.69. The van der Waals surface area contributed by atoms with Crippen LogP contribution in [0.4, 0.5) is 0 Å². The van der Waals surface area contributed by atoms with Crippen molar-refractivity contribution in [3.05, 3.63) is 24.3 Å². The summed E-state index contributed by atoms with van der Waals surface area (Å²) in [5.41, 5.74) is 0. The average Bonchev–Trinajstić information content (AvgIpc) is 2.72. The van der Waals surface area contributed by atoms with Crippen molar-refractivity contribution in [3.8, 4) is 0 Å². The number of hydrogen-bond donors (Lipinski definition) is 1. The van der Waals surface area contributed by atoms with Gasteiger partial charge < -0.3 is 14.6 Å². The molecule has 0 amide bonds. The number of unbranched alkanes of at least 4 members (excludes halogenated alkanes) is 9. The van der Waals surface area contributed by atoms with Crippen molar-refractivity contribution in [1.29, 1.82) is 0 Å². The molecule has 1 atom stereocenters. The number of rotatable bonds is 21. The maximum Gasteiger partial charge on any atom is 0.306 e. The Balaban J connectivity index is 3.36. The molecule has 0 saturated heterocycles. The van der Waals surface area contributed by atoms with Crippen molar-refractivity contribution in [2.45, 2.75) is 110 Å². The Labute approximate surface area is 179 Å². The van der Waals surface area contributed by atoms with Gasteiger partial charge in [-0.1, -0.05) is 76.7 Å². The van der Waals surface area contributed by atoms with Crippen molar-refractivity contribution in [1.82, 2.24) is 0 Å². The van der Waals surface area contributed by atoms with Crippen LogP contribution in [0.25, 0.3) is 0 Å². The third-order valence-electron chi connectivity index (χ3n) is 4.75. The molecule has 0 heterocycles. The van der Waals surface area contributed by atoms with E-state index in [-0.39, 0.29) is 19.2 Å². The van der Waals surface area contributed by atoms with Gasteiger partial charge in [-0.2, -0.15) is 0 Å². The molecule has 0 bridgehead atoms. The van der Waals surface area contributed by atoms with E-state index in [1.165, 1.54) is 57.8 Å². The molecule has 0 aromatic rings. The summed E-state index contributed by atoms with van der Waals surface area (Å²) < 4.78 is 10.7. The second-order valence-electron chi connectivity index (χ2n) is 7.70. The largest absolute Gasteiger partial charge is 0.457 e. The normalized spacial score (nSPS) is 12.8. The van der Waals surface area contributed by atoms with Gasteiger partial charge in [-0.3, -0.25) is 4.79 Å². The van der Waals surface area contributed by atoms with Crippen molar-refractivity contribution in [2.24, 2.45) is 0 Å². The number of allylic oxidation sites excluding steroid dienone is 4. The molecular weight excluding hydrogens is 364 g/mol. The lowest BCUT2D eigenvalue weighted by atomic mass is 10.1. The number of aliphatic hydroxyl groups excluding tert-OH is 1. The van der Waals surface area contributed by atoms with E-state index in [1.807, 2.05) is 6.92 Å². The molecule has 1 N–H and O–H groups in total. The Kier molecular flexibility index (Phi) is 22.2. The van der Waals surface area contributed by atoms with Gasteiger partial charge in [0.1, 0.15) is 6.10 Å². The van der Waals surface area contributed by atoms with E-state index in [0.717, 1.165) is 25.7 Å². The zero-order chi connectivity index (χ0) is 21.4. The molecule has 0 aromatic carbocycles. The lowest BCUT2D eigenvalue weighted by Crippen LogP contribution is -2.27. The van der Waals surface area contributed by atoms with Gasteiger partial charge in [0, 0.05) is 13.0 Å². The van der Waals surface area contributed by atoms with Crippen LogP contribution >= 0.6 is 0 Å². The Bertz CT molecular complexity index is 404. The highest BCUT2D eigenvalue weighted by Crippen LogP contribution is 2.08.